The summed E-state index contributed by atoms with van der Waals surface area (Å²) >= 11 is 4.95. The maximum atomic E-state index is 5.66. The van der Waals surface area contributed by atoms with Gasteiger partial charge in [0.05, 0.1) is 6.10 Å². The van der Waals surface area contributed by atoms with Crippen LogP contribution in [-0.2, 0) is 4.74 Å². The number of nitrogens with zero attached hydrogens (tertiary/aromatic N) is 1. The van der Waals surface area contributed by atoms with E-state index < -0.39 is 0 Å². The molecule has 0 spiro atoms. The molecule has 0 atom stereocenters. The molecular formula is C14H20N2OS. The second-order valence-electron chi connectivity index (χ2n) is 4.55. The zero-order valence-electron chi connectivity index (χ0n) is 10.8. The zero-order valence-corrected chi connectivity index (χ0v) is 11.6. The molecule has 18 heavy (non-hydrogen) atoms. The lowest BCUT2D eigenvalue weighted by molar-refractivity contribution is 0.0459. The van der Waals surface area contributed by atoms with Gasteiger partial charge in [-0.25, -0.2) is 0 Å². The van der Waals surface area contributed by atoms with E-state index in [-0.39, 0.29) is 0 Å². The molecule has 0 radical (unpaired) electrons. The molecule has 4 heteroatoms. The average molecular weight is 264 g/mol. The van der Waals surface area contributed by atoms with Crippen LogP contribution in [0.5, 0.6) is 0 Å². The summed E-state index contributed by atoms with van der Waals surface area (Å²) < 4.78 is 5.66. The van der Waals surface area contributed by atoms with Crippen LogP contribution >= 0.6 is 12.2 Å². The fourth-order valence-corrected chi connectivity index (χ4v) is 2.49. The van der Waals surface area contributed by atoms with Crippen molar-refractivity contribution in [3.8, 4) is 0 Å². The molecule has 98 valence electrons. The summed E-state index contributed by atoms with van der Waals surface area (Å²) in [6.07, 6.45) is 2.64. The first-order valence-corrected chi connectivity index (χ1v) is 6.88. The van der Waals surface area contributed by atoms with E-state index in [4.69, 9.17) is 22.7 Å². The molecule has 0 bridgehead atoms. The van der Waals surface area contributed by atoms with Crippen LogP contribution in [0.4, 0.5) is 5.69 Å². The van der Waals surface area contributed by atoms with Crippen molar-refractivity contribution in [2.75, 3.05) is 24.6 Å². The highest BCUT2D eigenvalue weighted by atomic mass is 32.1. The Morgan fingerprint density at radius 1 is 1.33 bits per heavy atom. The Morgan fingerprint density at radius 3 is 2.44 bits per heavy atom. The van der Waals surface area contributed by atoms with Crippen molar-refractivity contribution < 1.29 is 4.74 Å². The molecule has 1 aromatic carbocycles. The smallest absolute Gasteiger partial charge is 0.103 e. The van der Waals surface area contributed by atoms with Crippen LogP contribution < -0.4 is 10.6 Å². The van der Waals surface area contributed by atoms with E-state index in [1.807, 2.05) is 12.1 Å². The van der Waals surface area contributed by atoms with Gasteiger partial charge in [0.15, 0.2) is 0 Å². The lowest BCUT2D eigenvalue weighted by atomic mass is 10.1. The van der Waals surface area contributed by atoms with Gasteiger partial charge in [0.25, 0.3) is 0 Å². The molecule has 0 unspecified atom stereocenters. The van der Waals surface area contributed by atoms with E-state index in [1.54, 1.807) is 0 Å². The largest absolute Gasteiger partial charge is 0.389 e. The van der Waals surface area contributed by atoms with Gasteiger partial charge < -0.3 is 15.4 Å². The lowest BCUT2D eigenvalue weighted by Gasteiger charge is -2.33. The van der Waals surface area contributed by atoms with Crippen LogP contribution in [0, 0.1) is 0 Å². The molecule has 3 nitrogen and oxygen atoms in total. The van der Waals surface area contributed by atoms with Crippen molar-refractivity contribution in [1.82, 2.24) is 0 Å². The highest BCUT2D eigenvalue weighted by Gasteiger charge is 2.19. The minimum Gasteiger partial charge on any atom is -0.389 e. The predicted molar refractivity (Wildman–Crippen MR) is 79.2 cm³/mol. The monoisotopic (exact) mass is 264 g/mol. The first-order valence-electron chi connectivity index (χ1n) is 6.47. The van der Waals surface area contributed by atoms with Crippen LogP contribution in [0.1, 0.15) is 25.3 Å². The van der Waals surface area contributed by atoms with Gasteiger partial charge in [0.2, 0.25) is 0 Å². The maximum absolute atomic E-state index is 5.66. The zero-order chi connectivity index (χ0) is 13.0. The molecule has 1 fully saturated rings. The second-order valence-corrected chi connectivity index (χ2v) is 4.99. The van der Waals surface area contributed by atoms with Gasteiger partial charge in [-0.3, -0.25) is 0 Å². The number of benzene rings is 1. The predicted octanol–water partition coefficient (Wildman–Crippen LogP) is 2.33. The average Bonchev–Trinajstić information content (AvgIpc) is 2.40. The molecule has 0 aromatic heterocycles. The van der Waals surface area contributed by atoms with E-state index in [1.165, 1.54) is 5.69 Å². The van der Waals surface area contributed by atoms with E-state index in [0.717, 1.165) is 38.1 Å². The third kappa shape index (κ3) is 3.21. The van der Waals surface area contributed by atoms with Gasteiger partial charge in [-0.1, -0.05) is 12.2 Å². The number of ether oxygens (including phenoxy) is 1. The first-order chi connectivity index (χ1) is 8.70. The Balaban J connectivity index is 1.95. The van der Waals surface area contributed by atoms with Crippen LogP contribution in [0.2, 0.25) is 0 Å². The second kappa shape index (κ2) is 6.16. The summed E-state index contributed by atoms with van der Waals surface area (Å²) in [7, 11) is 0. The minimum atomic E-state index is 0.433. The highest BCUT2D eigenvalue weighted by molar-refractivity contribution is 7.80. The van der Waals surface area contributed by atoms with Crippen LogP contribution in [-0.4, -0.2) is 30.8 Å². The molecule has 1 aliphatic rings. The van der Waals surface area contributed by atoms with Gasteiger partial charge in [-0.05, 0) is 44.0 Å². The Labute approximate surface area is 114 Å². The quantitative estimate of drug-likeness (QED) is 0.847. The Bertz CT molecular complexity index is 397. The number of hydrogen-bond acceptors (Lipinski definition) is 3. The van der Waals surface area contributed by atoms with Crippen molar-refractivity contribution in [3.63, 3.8) is 0 Å². The van der Waals surface area contributed by atoms with Gasteiger partial charge in [-0.15, -0.1) is 0 Å². The first kappa shape index (κ1) is 13.3. The number of anilines is 1. The summed E-state index contributed by atoms with van der Waals surface area (Å²) in [5.74, 6) is 0. The van der Waals surface area contributed by atoms with E-state index in [9.17, 15) is 0 Å². The molecule has 2 N–H and O–H groups in total. The van der Waals surface area contributed by atoms with Gasteiger partial charge in [0, 0.05) is 30.9 Å². The molecule has 1 aliphatic heterocycles. The number of piperidine rings is 1. The van der Waals surface area contributed by atoms with E-state index in [0.29, 0.717) is 11.1 Å². The summed E-state index contributed by atoms with van der Waals surface area (Å²) in [5.41, 5.74) is 7.76. The van der Waals surface area contributed by atoms with Crippen LogP contribution in [0.3, 0.4) is 0 Å². The lowest BCUT2D eigenvalue weighted by Crippen LogP contribution is -2.37. The van der Waals surface area contributed by atoms with Crippen molar-refractivity contribution in [2.45, 2.75) is 25.9 Å². The molecule has 0 aliphatic carbocycles. The van der Waals surface area contributed by atoms with E-state index >= 15 is 0 Å². The van der Waals surface area contributed by atoms with Crippen molar-refractivity contribution in [2.24, 2.45) is 5.73 Å². The van der Waals surface area contributed by atoms with Gasteiger partial charge in [0.1, 0.15) is 4.99 Å². The summed E-state index contributed by atoms with van der Waals surface area (Å²) in [4.78, 5) is 2.84. The minimum absolute atomic E-state index is 0.433. The third-order valence-corrected chi connectivity index (χ3v) is 3.60. The highest BCUT2D eigenvalue weighted by Crippen LogP contribution is 2.21. The number of thiocarbonyl (C=S) groups is 1. The van der Waals surface area contributed by atoms with Crippen LogP contribution in [0.25, 0.3) is 0 Å². The fourth-order valence-electron chi connectivity index (χ4n) is 2.35. The van der Waals surface area contributed by atoms with Gasteiger partial charge >= 0.3 is 0 Å². The van der Waals surface area contributed by atoms with Crippen molar-refractivity contribution in [1.29, 1.82) is 0 Å². The topological polar surface area (TPSA) is 38.5 Å². The molecule has 1 heterocycles. The Morgan fingerprint density at radius 2 is 1.94 bits per heavy atom. The molecule has 0 amide bonds. The summed E-state index contributed by atoms with van der Waals surface area (Å²) in [6, 6.07) is 8.17. The van der Waals surface area contributed by atoms with Crippen molar-refractivity contribution >= 4 is 22.9 Å². The maximum Gasteiger partial charge on any atom is 0.103 e. The molecular weight excluding hydrogens is 244 g/mol. The fraction of sp³-hybridized carbons (Fsp3) is 0.500. The van der Waals surface area contributed by atoms with E-state index in [2.05, 4.69) is 24.0 Å². The normalized spacial score (nSPS) is 16.8. The Hall–Kier alpha value is -1.13. The van der Waals surface area contributed by atoms with Gasteiger partial charge in [-0.2, -0.15) is 0 Å². The third-order valence-electron chi connectivity index (χ3n) is 3.36. The number of nitrogens with two attached hydrogens (primary N) is 1. The molecule has 0 saturated carbocycles. The molecule has 1 saturated heterocycles. The summed E-state index contributed by atoms with van der Waals surface area (Å²) in [5, 5.41) is 0. The van der Waals surface area contributed by atoms with Crippen molar-refractivity contribution in [3.05, 3.63) is 29.8 Å². The Kier molecular flexibility index (Phi) is 4.55. The number of rotatable bonds is 4. The number of hydrogen-bond donors (Lipinski definition) is 1. The molecule has 1 aromatic rings. The SMILES string of the molecule is CCOC1CCN(c2ccc(C(N)=S)cc2)CC1. The summed E-state index contributed by atoms with van der Waals surface area (Å²) in [6.45, 7) is 4.97. The standard InChI is InChI=1S/C14H20N2OS/c1-2-17-13-7-9-16(10-8-13)12-5-3-11(4-6-12)14(15)18/h3-6,13H,2,7-10H2,1H3,(H2,15,18). The molecule has 2 rings (SSSR count). The van der Waals surface area contributed by atoms with Crippen LogP contribution in [0.15, 0.2) is 24.3 Å².